The maximum absolute atomic E-state index is 5.73. The summed E-state index contributed by atoms with van der Waals surface area (Å²) >= 11 is 1.83. The van der Waals surface area contributed by atoms with Gasteiger partial charge in [0.25, 0.3) is 5.82 Å². The third-order valence-corrected chi connectivity index (χ3v) is 9.01. The van der Waals surface area contributed by atoms with Gasteiger partial charge in [0.2, 0.25) is 0 Å². The zero-order valence-electron chi connectivity index (χ0n) is 24.7. The Balaban J connectivity index is 1.71. The summed E-state index contributed by atoms with van der Waals surface area (Å²) in [6.45, 7) is 8.68. The Labute approximate surface area is 243 Å². The first kappa shape index (κ1) is 28.1. The van der Waals surface area contributed by atoms with E-state index in [1.807, 2.05) is 11.8 Å². The quantitative estimate of drug-likeness (QED) is 0.156. The first-order chi connectivity index (χ1) is 19.3. The molecule has 4 aromatic rings. The molecule has 5 rings (SSSR count). The van der Waals surface area contributed by atoms with E-state index in [2.05, 4.69) is 134 Å². The summed E-state index contributed by atoms with van der Waals surface area (Å²) in [6.07, 6.45) is 3.54. The Morgan fingerprint density at radius 3 is 2.40 bits per heavy atom. The molecule has 0 atom stereocenters. The number of anilines is 2. The summed E-state index contributed by atoms with van der Waals surface area (Å²) in [5, 5.41) is 2.43. The number of hydrogen-bond donors (Lipinski definition) is 0. The van der Waals surface area contributed by atoms with Gasteiger partial charge < -0.3 is 14.1 Å². The molecule has 0 saturated carbocycles. The van der Waals surface area contributed by atoms with Gasteiger partial charge in [-0.2, -0.15) is 4.57 Å². The van der Waals surface area contributed by atoms with Crippen molar-refractivity contribution in [1.82, 2.24) is 0 Å². The number of ether oxygens (including phenoxy) is 1. The fourth-order valence-electron chi connectivity index (χ4n) is 5.60. The monoisotopic (exact) mass is 554 g/mol. The zero-order chi connectivity index (χ0) is 28.3. The van der Waals surface area contributed by atoms with Crippen LogP contribution in [0.25, 0.3) is 22.7 Å². The van der Waals surface area contributed by atoms with Crippen LogP contribution in [-0.4, -0.2) is 58.9 Å². The number of rotatable bonds is 10. The van der Waals surface area contributed by atoms with Crippen LogP contribution in [0.1, 0.15) is 25.8 Å². The predicted octanol–water partition coefficient (Wildman–Crippen LogP) is 6.98. The van der Waals surface area contributed by atoms with Crippen molar-refractivity contribution in [3.05, 3.63) is 89.5 Å². The molecule has 1 aliphatic heterocycles. The summed E-state index contributed by atoms with van der Waals surface area (Å²) in [6, 6.07) is 28.2. The molecule has 1 aromatic heterocycles. The number of methoxy groups -OCH3 is 1. The zero-order valence-corrected chi connectivity index (χ0v) is 25.5. The number of pyridine rings is 1. The SMILES string of the molecule is CCC[N+](C)(C)CCN(CC)c1cc(/C=C2\Sc3ccccc3N2C)c2ccc(OC)cc2[n+]1-c1ccccc1. The van der Waals surface area contributed by atoms with E-state index in [0.29, 0.717) is 0 Å². The fourth-order valence-corrected chi connectivity index (χ4v) is 6.70. The second-order valence-corrected chi connectivity index (χ2v) is 12.1. The van der Waals surface area contributed by atoms with E-state index < -0.39 is 0 Å². The minimum Gasteiger partial charge on any atom is -0.497 e. The molecule has 208 valence electrons. The molecule has 0 radical (unpaired) electrons. The van der Waals surface area contributed by atoms with Crippen molar-refractivity contribution in [2.45, 2.75) is 25.2 Å². The number of likely N-dealkylation sites (N-methyl/N-ethyl adjacent to an activating group) is 2. The molecule has 0 amide bonds. The van der Waals surface area contributed by atoms with E-state index in [0.717, 1.165) is 41.1 Å². The van der Waals surface area contributed by atoms with Crippen molar-refractivity contribution >= 4 is 40.2 Å². The molecule has 6 heteroatoms. The Kier molecular flexibility index (Phi) is 8.38. The van der Waals surface area contributed by atoms with Crippen molar-refractivity contribution in [1.29, 1.82) is 0 Å². The summed E-state index contributed by atoms with van der Waals surface area (Å²) in [5.74, 6) is 2.05. The molecular formula is C34H42N4OS+2. The van der Waals surface area contributed by atoms with Gasteiger partial charge in [-0.15, -0.1) is 0 Å². The molecule has 0 spiro atoms. The first-order valence-electron chi connectivity index (χ1n) is 14.3. The van der Waals surface area contributed by atoms with Crippen molar-refractivity contribution < 1.29 is 13.8 Å². The minimum atomic E-state index is 0.858. The lowest BCUT2D eigenvalue weighted by atomic mass is 10.1. The Morgan fingerprint density at radius 2 is 1.70 bits per heavy atom. The lowest BCUT2D eigenvalue weighted by molar-refractivity contribution is -0.888. The fraction of sp³-hybridized carbons (Fsp3) is 0.324. The van der Waals surface area contributed by atoms with Crippen LogP contribution in [0.3, 0.4) is 0 Å². The third kappa shape index (κ3) is 5.70. The highest BCUT2D eigenvalue weighted by molar-refractivity contribution is 8.03. The van der Waals surface area contributed by atoms with Crippen molar-refractivity contribution in [2.24, 2.45) is 0 Å². The largest absolute Gasteiger partial charge is 0.497 e. The number of para-hydroxylation sites is 2. The molecule has 0 fully saturated rings. The number of fused-ring (bicyclic) bond motifs is 2. The molecule has 2 heterocycles. The summed E-state index contributed by atoms with van der Waals surface area (Å²) in [4.78, 5) is 6.13. The predicted molar refractivity (Wildman–Crippen MR) is 171 cm³/mol. The maximum atomic E-state index is 5.73. The average Bonchev–Trinajstić information content (AvgIpc) is 3.28. The normalized spacial score (nSPS) is 14.2. The number of quaternary nitrogens is 1. The Morgan fingerprint density at radius 1 is 0.950 bits per heavy atom. The maximum Gasteiger partial charge on any atom is 0.283 e. The minimum absolute atomic E-state index is 0.858. The van der Waals surface area contributed by atoms with Crippen LogP contribution in [0.15, 0.2) is 88.8 Å². The molecule has 0 aliphatic carbocycles. The van der Waals surface area contributed by atoms with Gasteiger partial charge in [0.15, 0.2) is 0 Å². The van der Waals surface area contributed by atoms with Crippen LogP contribution in [0, 0.1) is 0 Å². The smallest absolute Gasteiger partial charge is 0.283 e. The van der Waals surface area contributed by atoms with Crippen LogP contribution >= 0.6 is 11.8 Å². The van der Waals surface area contributed by atoms with Crippen molar-refractivity contribution in [2.75, 3.05) is 64.2 Å². The number of nitrogens with zero attached hydrogens (tertiary/aromatic N) is 4. The lowest BCUT2D eigenvalue weighted by Crippen LogP contribution is -2.48. The van der Waals surface area contributed by atoms with Gasteiger partial charge in [-0.25, -0.2) is 0 Å². The molecule has 0 unspecified atom stereocenters. The van der Waals surface area contributed by atoms with E-state index in [1.54, 1.807) is 7.11 Å². The van der Waals surface area contributed by atoms with E-state index >= 15 is 0 Å². The highest BCUT2D eigenvalue weighted by atomic mass is 32.2. The molecule has 1 aliphatic rings. The Hall–Kier alpha value is -3.48. The van der Waals surface area contributed by atoms with Gasteiger partial charge in [-0.3, -0.25) is 4.90 Å². The lowest BCUT2D eigenvalue weighted by Gasteiger charge is -2.31. The topological polar surface area (TPSA) is 19.6 Å². The number of thioether (sulfide) groups is 1. The van der Waals surface area contributed by atoms with Gasteiger partial charge in [0, 0.05) is 29.5 Å². The van der Waals surface area contributed by atoms with Crippen LogP contribution < -0.4 is 19.1 Å². The molecule has 0 saturated heterocycles. The number of benzene rings is 3. The standard InChI is InChI=1S/C34H42N4OS/c1-7-21-38(4,5)22-20-36(8-2)33-23-26(24-34-35(3)30-16-12-13-17-32(30)40-34)29-19-18-28(39-6)25-31(29)37(33)27-14-10-9-11-15-27/h9-19,23-25H,7-8,20-22H2,1-6H3/q+2. The second kappa shape index (κ2) is 11.9. The van der Waals surface area contributed by atoms with Crippen molar-refractivity contribution in [3.8, 4) is 11.4 Å². The molecular weight excluding hydrogens is 512 g/mol. The van der Waals surface area contributed by atoms with Crippen molar-refractivity contribution in [3.63, 3.8) is 0 Å². The van der Waals surface area contributed by atoms with Gasteiger partial charge in [0.1, 0.15) is 30.0 Å². The molecule has 0 bridgehead atoms. The highest BCUT2D eigenvalue weighted by Gasteiger charge is 2.28. The molecule has 0 N–H and O–H groups in total. The van der Waals surface area contributed by atoms with E-state index in [-0.39, 0.29) is 0 Å². The van der Waals surface area contributed by atoms with Crippen LogP contribution in [0.4, 0.5) is 11.5 Å². The summed E-state index contributed by atoms with van der Waals surface area (Å²) in [7, 11) is 8.59. The molecule has 5 nitrogen and oxygen atoms in total. The second-order valence-electron chi connectivity index (χ2n) is 11.1. The van der Waals surface area contributed by atoms with E-state index in [4.69, 9.17) is 4.74 Å². The summed E-state index contributed by atoms with van der Waals surface area (Å²) < 4.78 is 9.15. The van der Waals surface area contributed by atoms with Gasteiger partial charge >= 0.3 is 0 Å². The Bertz CT molecular complexity index is 1520. The highest BCUT2D eigenvalue weighted by Crippen LogP contribution is 2.46. The van der Waals surface area contributed by atoms with Crippen LogP contribution in [0.2, 0.25) is 0 Å². The molecule has 40 heavy (non-hydrogen) atoms. The van der Waals surface area contributed by atoms with E-state index in [1.165, 1.54) is 45.3 Å². The van der Waals surface area contributed by atoms with Crippen LogP contribution in [-0.2, 0) is 0 Å². The third-order valence-electron chi connectivity index (χ3n) is 7.85. The van der Waals surface area contributed by atoms with Gasteiger partial charge in [-0.05, 0) is 61.4 Å². The van der Waals surface area contributed by atoms with E-state index in [9.17, 15) is 0 Å². The first-order valence-corrected chi connectivity index (χ1v) is 15.1. The summed E-state index contributed by atoms with van der Waals surface area (Å²) in [5.41, 5.74) is 4.75. The number of hydrogen-bond acceptors (Lipinski definition) is 4. The van der Waals surface area contributed by atoms with Gasteiger partial charge in [-0.1, -0.05) is 49.0 Å². The average molecular weight is 555 g/mol. The molecule has 3 aromatic carbocycles. The van der Waals surface area contributed by atoms with Gasteiger partial charge in [0.05, 0.1) is 45.0 Å². The number of aromatic nitrogens is 1. The van der Waals surface area contributed by atoms with Crippen LogP contribution in [0.5, 0.6) is 5.75 Å².